The first-order valence-corrected chi connectivity index (χ1v) is 18.9. The van der Waals surface area contributed by atoms with Crippen LogP contribution in [0.25, 0.3) is 10.9 Å². The number of H-pyrrole nitrogens is 1. The molecule has 1 heterocycles. The molecular weight excluding hydrogens is 769 g/mol. The van der Waals surface area contributed by atoms with Crippen molar-refractivity contribution in [1.82, 2.24) is 26.3 Å². The van der Waals surface area contributed by atoms with E-state index in [1.807, 2.05) is 24.3 Å². The summed E-state index contributed by atoms with van der Waals surface area (Å²) in [6.45, 7) is 0.584. The number of carboxylic acids is 1. The molecule has 5 atom stereocenters. The molecule has 0 spiro atoms. The summed E-state index contributed by atoms with van der Waals surface area (Å²) in [5, 5.41) is 21.2. The van der Waals surface area contributed by atoms with Gasteiger partial charge in [0.25, 0.3) is 0 Å². The molecule has 0 aliphatic carbocycles. The number of aliphatic carboxylic acids is 1. The zero-order chi connectivity index (χ0) is 43.9. The Morgan fingerprint density at radius 2 is 0.949 bits per heavy atom. The second-order valence-corrected chi connectivity index (χ2v) is 13.5. The highest BCUT2D eigenvalue weighted by molar-refractivity contribution is 5.96. The number of carboxylic acid groups (broad SMARTS) is 1. The van der Waals surface area contributed by atoms with Crippen LogP contribution in [0.15, 0.2) is 50.4 Å². The summed E-state index contributed by atoms with van der Waals surface area (Å²) in [5.41, 5.74) is 50.8. The van der Waals surface area contributed by atoms with Gasteiger partial charge in [0, 0.05) is 49.7 Å². The number of nitrogens with zero attached hydrogens (tertiary/aromatic N) is 4. The highest BCUT2D eigenvalue weighted by atomic mass is 16.4. The molecule has 2 rings (SSSR count). The van der Waals surface area contributed by atoms with Crippen molar-refractivity contribution in [3.63, 3.8) is 0 Å². The fourth-order valence-electron chi connectivity index (χ4n) is 5.78. The first kappa shape index (κ1) is 48.3. The summed E-state index contributed by atoms with van der Waals surface area (Å²) in [5.74, 6) is -4.92. The lowest BCUT2D eigenvalue weighted by Crippen LogP contribution is -2.59. The molecule has 0 fully saturated rings. The Morgan fingerprint density at radius 3 is 1.42 bits per heavy atom. The molecule has 24 heteroatoms. The van der Waals surface area contributed by atoms with E-state index in [4.69, 9.17) is 51.6 Å². The van der Waals surface area contributed by atoms with E-state index >= 15 is 0 Å². The van der Waals surface area contributed by atoms with Gasteiger partial charge in [-0.3, -0.25) is 39.1 Å². The second-order valence-electron chi connectivity index (χ2n) is 13.5. The maximum Gasteiger partial charge on any atom is 0.326 e. The maximum atomic E-state index is 14.3. The SMILES string of the molecule is NC(N)=NCCC[C@H](NC(=O)[C@H](CCCN=C(N)N)NC(=O)[C@H](Cc1c[nH]c2ccccc12)NC(=O)[C@H](CCCN=C(N)N)NC(=O)[C@@H](N)CCCN=C(N)N)C(=O)O. The van der Waals surface area contributed by atoms with Crippen molar-refractivity contribution in [2.45, 2.75) is 88.0 Å². The molecular formula is C35H60N18O6. The number of nitrogens with two attached hydrogens (primary N) is 9. The van der Waals surface area contributed by atoms with Gasteiger partial charge in [-0.2, -0.15) is 0 Å². The smallest absolute Gasteiger partial charge is 0.326 e. The maximum absolute atomic E-state index is 14.3. The lowest BCUT2D eigenvalue weighted by molar-refractivity contribution is -0.142. The summed E-state index contributed by atoms with van der Waals surface area (Å²) in [6, 6.07) is 1.10. The molecule has 0 aliphatic heterocycles. The Balaban J connectivity index is 2.44. The van der Waals surface area contributed by atoms with E-state index in [9.17, 15) is 29.1 Å². The Labute approximate surface area is 341 Å². The van der Waals surface area contributed by atoms with Crippen LogP contribution in [0.2, 0.25) is 0 Å². The van der Waals surface area contributed by atoms with Gasteiger partial charge < -0.3 is 83.0 Å². The van der Waals surface area contributed by atoms with Crippen LogP contribution in [-0.4, -0.2) is 120 Å². The summed E-state index contributed by atoms with van der Waals surface area (Å²) in [4.78, 5) is 86.0. The number of guanidine groups is 4. The van der Waals surface area contributed by atoms with Crippen molar-refractivity contribution >= 4 is 64.3 Å². The quantitative estimate of drug-likeness (QED) is 0.0228. The van der Waals surface area contributed by atoms with Crippen LogP contribution >= 0.6 is 0 Å². The highest BCUT2D eigenvalue weighted by Crippen LogP contribution is 2.20. The molecule has 24 N–H and O–H groups in total. The van der Waals surface area contributed by atoms with Gasteiger partial charge >= 0.3 is 5.97 Å². The normalized spacial score (nSPS) is 13.3. The highest BCUT2D eigenvalue weighted by Gasteiger charge is 2.32. The number of hydrogen-bond acceptors (Lipinski definition) is 10. The molecule has 326 valence electrons. The van der Waals surface area contributed by atoms with Crippen molar-refractivity contribution in [2.75, 3.05) is 26.2 Å². The number of aromatic nitrogens is 1. The van der Waals surface area contributed by atoms with Crippen LogP contribution in [0.5, 0.6) is 0 Å². The minimum absolute atomic E-state index is 0.0208. The number of benzene rings is 1. The Bertz CT molecular complexity index is 1810. The lowest BCUT2D eigenvalue weighted by Gasteiger charge is -2.26. The minimum atomic E-state index is -1.35. The van der Waals surface area contributed by atoms with Crippen molar-refractivity contribution in [1.29, 1.82) is 0 Å². The van der Waals surface area contributed by atoms with E-state index in [1.54, 1.807) is 6.20 Å². The Kier molecular flexibility index (Phi) is 20.8. The fraction of sp³-hybridized carbons (Fsp3) is 0.514. The summed E-state index contributed by atoms with van der Waals surface area (Å²) >= 11 is 0. The number of aliphatic imine (C=N–C) groups is 4. The first-order chi connectivity index (χ1) is 28.0. The van der Waals surface area contributed by atoms with Crippen molar-refractivity contribution < 1.29 is 29.1 Å². The van der Waals surface area contributed by atoms with Gasteiger partial charge in [0.1, 0.15) is 24.2 Å². The van der Waals surface area contributed by atoms with Gasteiger partial charge in [-0.25, -0.2) is 4.79 Å². The first-order valence-electron chi connectivity index (χ1n) is 18.9. The van der Waals surface area contributed by atoms with Gasteiger partial charge in [0.15, 0.2) is 23.8 Å². The molecule has 0 saturated carbocycles. The van der Waals surface area contributed by atoms with Crippen molar-refractivity contribution in [3.8, 4) is 0 Å². The number of carbonyl (C=O) groups is 5. The topological polar surface area (TPSA) is 453 Å². The van der Waals surface area contributed by atoms with Gasteiger partial charge in [-0.15, -0.1) is 0 Å². The number of carbonyl (C=O) groups excluding carboxylic acids is 4. The zero-order valence-electron chi connectivity index (χ0n) is 32.9. The van der Waals surface area contributed by atoms with Crippen molar-refractivity contribution in [2.24, 2.45) is 71.6 Å². The van der Waals surface area contributed by atoms with Gasteiger partial charge in [-0.05, 0) is 63.0 Å². The molecule has 0 aliphatic rings. The summed E-state index contributed by atoms with van der Waals surface area (Å²) in [7, 11) is 0. The Morgan fingerprint density at radius 1 is 0.559 bits per heavy atom. The van der Waals surface area contributed by atoms with Crippen LogP contribution in [-0.2, 0) is 30.4 Å². The largest absolute Gasteiger partial charge is 0.480 e. The molecule has 0 radical (unpaired) electrons. The number of fused-ring (bicyclic) bond motifs is 1. The van der Waals surface area contributed by atoms with E-state index in [0.717, 1.165) is 10.9 Å². The zero-order valence-corrected chi connectivity index (χ0v) is 32.9. The van der Waals surface area contributed by atoms with E-state index in [-0.39, 0.29) is 101 Å². The third-order valence-electron chi connectivity index (χ3n) is 8.75. The molecule has 0 saturated heterocycles. The van der Waals surface area contributed by atoms with Crippen LogP contribution in [0.3, 0.4) is 0 Å². The van der Waals surface area contributed by atoms with Crippen LogP contribution < -0.4 is 72.9 Å². The predicted molar refractivity (Wildman–Crippen MR) is 225 cm³/mol. The molecule has 0 bridgehead atoms. The molecule has 1 aromatic carbocycles. The second kappa shape index (κ2) is 25.4. The molecule has 0 unspecified atom stereocenters. The molecule has 1 aromatic heterocycles. The Hall–Kier alpha value is -6.85. The molecule has 4 amide bonds. The summed E-state index contributed by atoms with van der Waals surface area (Å²) < 4.78 is 0. The molecule has 24 nitrogen and oxygen atoms in total. The van der Waals surface area contributed by atoms with Gasteiger partial charge in [-0.1, -0.05) is 18.2 Å². The van der Waals surface area contributed by atoms with E-state index < -0.39 is 59.8 Å². The third kappa shape index (κ3) is 18.8. The fourth-order valence-corrected chi connectivity index (χ4v) is 5.78. The van der Waals surface area contributed by atoms with Gasteiger partial charge in [0.05, 0.1) is 6.04 Å². The lowest BCUT2D eigenvalue weighted by atomic mass is 10.0. The minimum Gasteiger partial charge on any atom is -0.480 e. The van der Waals surface area contributed by atoms with E-state index in [1.165, 1.54) is 0 Å². The molecule has 2 aromatic rings. The average Bonchev–Trinajstić information content (AvgIpc) is 3.58. The summed E-state index contributed by atoms with van der Waals surface area (Å²) in [6.07, 6.45) is 2.88. The molecule has 59 heavy (non-hydrogen) atoms. The monoisotopic (exact) mass is 828 g/mol. The van der Waals surface area contributed by atoms with Crippen molar-refractivity contribution in [3.05, 3.63) is 36.0 Å². The van der Waals surface area contributed by atoms with Crippen LogP contribution in [0.4, 0.5) is 0 Å². The number of amides is 4. The van der Waals surface area contributed by atoms with Gasteiger partial charge in [0.2, 0.25) is 23.6 Å². The van der Waals surface area contributed by atoms with E-state index in [2.05, 4.69) is 46.2 Å². The standard InChI is InChI=1S/C35H60N18O6/c36-21(8-3-13-45-32(37)38)27(54)50-23(10-4-14-46-33(39)40)29(56)53-26(17-19-18-49-22-9-2-1-7-20(19)22)30(57)51-24(11-5-15-47-34(41)42)28(55)52-25(31(58)59)12-6-16-48-35(43)44/h1-2,7,9,18,21,23-26,49H,3-6,8,10-17,36H2,(H,50,54)(H,51,57)(H,52,55)(H,53,56)(H,58,59)(H4,37,38,45)(H4,39,40,46)(H4,41,42,47)(H4,43,44,48)/t21-,23-,24-,25-,26-/m0/s1. The third-order valence-corrected chi connectivity index (χ3v) is 8.75. The number of hydrogen-bond donors (Lipinski definition) is 15. The van der Waals surface area contributed by atoms with Crippen LogP contribution in [0.1, 0.15) is 56.9 Å². The number of rotatable bonds is 27. The number of aromatic amines is 1. The van der Waals surface area contributed by atoms with E-state index in [0.29, 0.717) is 12.0 Å². The average molecular weight is 829 g/mol. The number of para-hydroxylation sites is 1. The number of nitrogens with one attached hydrogen (secondary N) is 5. The predicted octanol–water partition coefficient (Wildman–Crippen LogP) is -4.72. The van der Waals surface area contributed by atoms with Crippen LogP contribution in [0, 0.1) is 0 Å².